The molecule has 1 aromatic carbocycles. The van der Waals surface area contributed by atoms with E-state index in [2.05, 4.69) is 4.84 Å². The Morgan fingerprint density at radius 3 is 2.71 bits per heavy atom. The fourth-order valence-corrected chi connectivity index (χ4v) is 1.56. The second-order valence-electron chi connectivity index (χ2n) is 2.41. The Balaban J connectivity index is 2.30. The molecule has 0 saturated carbocycles. The van der Waals surface area contributed by atoms with E-state index in [-0.39, 0.29) is 5.75 Å². The highest BCUT2D eigenvalue weighted by Crippen LogP contribution is 2.17. The number of benzene rings is 1. The van der Waals surface area contributed by atoms with E-state index >= 15 is 0 Å². The highest BCUT2D eigenvalue weighted by molar-refractivity contribution is 7.99. The number of rotatable bonds is 5. The Bertz CT molecular complexity index is 293. The Morgan fingerprint density at radius 2 is 2.14 bits per heavy atom. The van der Waals surface area contributed by atoms with Crippen LogP contribution in [0.1, 0.15) is 0 Å². The van der Waals surface area contributed by atoms with Gasteiger partial charge in [0, 0.05) is 10.6 Å². The summed E-state index contributed by atoms with van der Waals surface area (Å²) in [5.74, 6) is 0.130. The molecule has 0 amide bonds. The molecule has 0 aliphatic heterocycles. The lowest BCUT2D eigenvalue weighted by Crippen LogP contribution is -2.18. The third-order valence-electron chi connectivity index (χ3n) is 1.34. The van der Waals surface area contributed by atoms with Gasteiger partial charge >= 0.3 is 0 Å². The standard InChI is InChI=1S/C8H9NO4S/c10-8(13-9(11)12)6-14-7-4-2-1-3-5-7/h1-5,8,10H,6H2. The maximum absolute atomic E-state index is 9.84. The van der Waals surface area contributed by atoms with Crippen LogP contribution in [-0.2, 0) is 4.84 Å². The van der Waals surface area contributed by atoms with Gasteiger partial charge in [0.05, 0.1) is 0 Å². The Morgan fingerprint density at radius 1 is 1.50 bits per heavy atom. The summed E-state index contributed by atoms with van der Waals surface area (Å²) in [5.41, 5.74) is 0. The minimum Gasteiger partial charge on any atom is -0.368 e. The summed E-state index contributed by atoms with van der Waals surface area (Å²) in [7, 11) is 0. The first-order valence-corrected chi connectivity index (χ1v) is 4.84. The minimum absolute atomic E-state index is 0.130. The molecule has 1 aromatic rings. The third-order valence-corrected chi connectivity index (χ3v) is 2.40. The van der Waals surface area contributed by atoms with Crippen molar-refractivity contribution in [2.24, 2.45) is 0 Å². The summed E-state index contributed by atoms with van der Waals surface area (Å²) in [5, 5.41) is 17.8. The molecule has 0 saturated heterocycles. The van der Waals surface area contributed by atoms with Crippen molar-refractivity contribution in [1.29, 1.82) is 0 Å². The SMILES string of the molecule is O=[N+]([O-])OC(O)CSc1ccccc1. The smallest absolute Gasteiger partial charge is 0.297 e. The second-order valence-corrected chi connectivity index (χ2v) is 3.50. The van der Waals surface area contributed by atoms with Gasteiger partial charge in [-0.3, -0.25) is 4.84 Å². The largest absolute Gasteiger partial charge is 0.368 e. The van der Waals surface area contributed by atoms with Gasteiger partial charge in [-0.15, -0.1) is 21.9 Å². The van der Waals surface area contributed by atoms with E-state index in [0.29, 0.717) is 0 Å². The zero-order valence-corrected chi connectivity index (χ0v) is 8.02. The van der Waals surface area contributed by atoms with Crippen LogP contribution in [0.3, 0.4) is 0 Å². The molecule has 5 nitrogen and oxygen atoms in total. The van der Waals surface area contributed by atoms with Gasteiger partial charge in [0.2, 0.25) is 6.29 Å². The van der Waals surface area contributed by atoms with Crippen LogP contribution in [0.2, 0.25) is 0 Å². The summed E-state index contributed by atoms with van der Waals surface area (Å²) >= 11 is 1.29. The van der Waals surface area contributed by atoms with Crippen LogP contribution in [0, 0.1) is 10.1 Å². The highest BCUT2D eigenvalue weighted by atomic mass is 32.2. The lowest BCUT2D eigenvalue weighted by molar-refractivity contribution is -0.778. The van der Waals surface area contributed by atoms with Gasteiger partial charge < -0.3 is 5.11 Å². The number of nitrogens with zero attached hydrogens (tertiary/aromatic N) is 1. The van der Waals surface area contributed by atoms with E-state index in [1.165, 1.54) is 11.8 Å². The summed E-state index contributed by atoms with van der Waals surface area (Å²) in [6.07, 6.45) is -1.38. The molecule has 0 aliphatic carbocycles. The van der Waals surface area contributed by atoms with E-state index in [1.807, 2.05) is 30.3 Å². The minimum atomic E-state index is -1.38. The summed E-state index contributed by atoms with van der Waals surface area (Å²) in [6.45, 7) is 0. The number of hydrogen-bond acceptors (Lipinski definition) is 5. The molecular formula is C8H9NO4S. The number of aliphatic hydroxyl groups excluding tert-OH is 1. The molecule has 1 rings (SSSR count). The average molecular weight is 215 g/mol. The van der Waals surface area contributed by atoms with Crippen LogP contribution in [0.15, 0.2) is 35.2 Å². The van der Waals surface area contributed by atoms with Crippen LogP contribution in [0.5, 0.6) is 0 Å². The van der Waals surface area contributed by atoms with Gasteiger partial charge in [0.1, 0.15) is 0 Å². The first kappa shape index (κ1) is 10.8. The molecule has 0 bridgehead atoms. The van der Waals surface area contributed by atoms with Gasteiger partial charge in [-0.25, -0.2) is 0 Å². The van der Waals surface area contributed by atoms with E-state index in [1.54, 1.807) is 0 Å². The Hall–Kier alpha value is -1.27. The molecule has 1 unspecified atom stereocenters. The van der Waals surface area contributed by atoms with Crippen LogP contribution in [0.25, 0.3) is 0 Å². The molecule has 1 N–H and O–H groups in total. The predicted molar refractivity (Wildman–Crippen MR) is 51.3 cm³/mol. The predicted octanol–water partition coefficient (Wildman–Crippen LogP) is 1.31. The van der Waals surface area contributed by atoms with E-state index in [0.717, 1.165) is 4.90 Å². The molecule has 0 fully saturated rings. The van der Waals surface area contributed by atoms with E-state index in [9.17, 15) is 10.1 Å². The number of hydrogen-bond donors (Lipinski definition) is 1. The van der Waals surface area contributed by atoms with Crippen molar-refractivity contribution in [1.82, 2.24) is 0 Å². The normalized spacial score (nSPS) is 12.1. The van der Waals surface area contributed by atoms with Crippen molar-refractivity contribution >= 4 is 11.8 Å². The topological polar surface area (TPSA) is 72.6 Å². The van der Waals surface area contributed by atoms with Crippen molar-refractivity contribution in [3.8, 4) is 0 Å². The van der Waals surface area contributed by atoms with Crippen LogP contribution in [-0.4, -0.2) is 22.2 Å². The molecule has 0 heterocycles. The van der Waals surface area contributed by atoms with E-state index < -0.39 is 11.4 Å². The van der Waals surface area contributed by atoms with Gasteiger partial charge in [0.15, 0.2) is 0 Å². The maximum atomic E-state index is 9.84. The van der Waals surface area contributed by atoms with Crippen molar-refractivity contribution in [2.45, 2.75) is 11.2 Å². The molecule has 0 spiro atoms. The summed E-state index contributed by atoms with van der Waals surface area (Å²) in [4.78, 5) is 14.7. The first-order chi connectivity index (χ1) is 6.68. The second kappa shape index (κ2) is 5.46. The number of aliphatic hydroxyl groups is 1. The van der Waals surface area contributed by atoms with Crippen LogP contribution >= 0.6 is 11.8 Å². The lowest BCUT2D eigenvalue weighted by Gasteiger charge is -2.06. The molecule has 0 aromatic heterocycles. The van der Waals surface area contributed by atoms with Crippen molar-refractivity contribution < 1.29 is 15.0 Å². The van der Waals surface area contributed by atoms with Gasteiger partial charge in [-0.2, -0.15) is 0 Å². The molecule has 0 radical (unpaired) electrons. The monoisotopic (exact) mass is 215 g/mol. The Labute approximate surface area is 84.8 Å². The molecule has 14 heavy (non-hydrogen) atoms. The number of thioether (sulfide) groups is 1. The average Bonchev–Trinajstić information content (AvgIpc) is 2.15. The summed E-state index contributed by atoms with van der Waals surface area (Å²) < 4.78 is 0. The zero-order valence-electron chi connectivity index (χ0n) is 7.20. The van der Waals surface area contributed by atoms with Crippen LogP contribution < -0.4 is 0 Å². The third kappa shape index (κ3) is 4.11. The molecular weight excluding hydrogens is 206 g/mol. The molecule has 0 aliphatic rings. The molecule has 76 valence electrons. The fraction of sp³-hybridized carbons (Fsp3) is 0.250. The lowest BCUT2D eigenvalue weighted by atomic mass is 10.4. The van der Waals surface area contributed by atoms with Crippen molar-refractivity contribution in [3.63, 3.8) is 0 Å². The zero-order chi connectivity index (χ0) is 10.4. The summed E-state index contributed by atoms with van der Waals surface area (Å²) in [6, 6.07) is 9.27. The quantitative estimate of drug-likeness (QED) is 0.347. The van der Waals surface area contributed by atoms with Gasteiger partial charge in [0.25, 0.3) is 5.09 Å². The van der Waals surface area contributed by atoms with Crippen molar-refractivity contribution in [2.75, 3.05) is 5.75 Å². The molecule has 6 heteroatoms. The van der Waals surface area contributed by atoms with E-state index in [4.69, 9.17) is 5.11 Å². The maximum Gasteiger partial charge on any atom is 0.297 e. The van der Waals surface area contributed by atoms with Crippen LogP contribution in [0.4, 0.5) is 0 Å². The fourth-order valence-electron chi connectivity index (χ4n) is 0.814. The van der Waals surface area contributed by atoms with Gasteiger partial charge in [-0.1, -0.05) is 18.2 Å². The van der Waals surface area contributed by atoms with Crippen molar-refractivity contribution in [3.05, 3.63) is 40.4 Å². The van der Waals surface area contributed by atoms with Gasteiger partial charge in [-0.05, 0) is 12.1 Å². The first-order valence-electron chi connectivity index (χ1n) is 3.85. The Kier molecular flexibility index (Phi) is 4.21. The molecule has 1 atom stereocenters. The highest BCUT2D eigenvalue weighted by Gasteiger charge is 2.08.